The monoisotopic (exact) mass is 441 g/mol. The average Bonchev–Trinajstić information content (AvgIpc) is 3.15. The molecular weight excluding hydrogens is 426 g/mol. The number of piperidine rings is 1. The Morgan fingerprint density at radius 2 is 2.08 bits per heavy atom. The van der Waals surface area contributed by atoms with Crippen molar-refractivity contribution < 1.29 is 8.42 Å². The van der Waals surface area contributed by atoms with E-state index in [2.05, 4.69) is 31.2 Å². The molecule has 1 unspecified atom stereocenters. The fourth-order valence-electron chi connectivity index (χ4n) is 3.08. The summed E-state index contributed by atoms with van der Waals surface area (Å²) in [5.41, 5.74) is 1.00. The van der Waals surface area contributed by atoms with Crippen molar-refractivity contribution in [3.8, 4) is 10.6 Å². The summed E-state index contributed by atoms with van der Waals surface area (Å²) in [7, 11) is -3.19. The molecule has 132 valence electrons. The van der Waals surface area contributed by atoms with Gasteiger partial charge in [-0.05, 0) is 18.9 Å². The minimum Gasteiger partial charge on any atom is -0.213 e. The van der Waals surface area contributed by atoms with E-state index >= 15 is 0 Å². The molecule has 0 aliphatic carbocycles. The first-order valence-electron chi connectivity index (χ1n) is 7.85. The molecule has 1 saturated heterocycles. The molecule has 4 rings (SSSR count). The highest BCUT2D eigenvalue weighted by molar-refractivity contribution is 9.10. The van der Waals surface area contributed by atoms with Crippen molar-refractivity contribution in [2.75, 3.05) is 19.3 Å². The highest BCUT2D eigenvalue weighted by Gasteiger charge is 2.30. The van der Waals surface area contributed by atoms with Crippen molar-refractivity contribution in [3.05, 3.63) is 34.6 Å². The van der Waals surface area contributed by atoms with Crippen molar-refractivity contribution in [2.24, 2.45) is 0 Å². The highest BCUT2D eigenvalue weighted by atomic mass is 79.9. The molecule has 3 heterocycles. The SMILES string of the molecule is CS(=O)(=O)N1CCCC(c2nnc3sc(-c4ccccc4Br)nn23)C1. The van der Waals surface area contributed by atoms with Gasteiger partial charge in [0.15, 0.2) is 5.82 Å². The van der Waals surface area contributed by atoms with Crippen LogP contribution in [0.4, 0.5) is 0 Å². The molecule has 0 radical (unpaired) electrons. The van der Waals surface area contributed by atoms with E-state index in [1.807, 2.05) is 24.3 Å². The highest BCUT2D eigenvalue weighted by Crippen LogP contribution is 2.33. The van der Waals surface area contributed by atoms with Crippen LogP contribution in [-0.2, 0) is 10.0 Å². The van der Waals surface area contributed by atoms with E-state index in [-0.39, 0.29) is 5.92 Å². The fraction of sp³-hybridized carbons (Fsp3) is 0.400. The average molecular weight is 442 g/mol. The van der Waals surface area contributed by atoms with Crippen LogP contribution in [0.25, 0.3) is 15.5 Å². The van der Waals surface area contributed by atoms with Crippen LogP contribution >= 0.6 is 27.3 Å². The minimum absolute atomic E-state index is 0.00707. The maximum Gasteiger partial charge on any atom is 0.234 e. The lowest BCUT2D eigenvalue weighted by Gasteiger charge is -2.29. The van der Waals surface area contributed by atoms with Gasteiger partial charge in [0.2, 0.25) is 15.0 Å². The summed E-state index contributed by atoms with van der Waals surface area (Å²) in [4.78, 5) is 0.720. The Hall–Kier alpha value is -1.36. The summed E-state index contributed by atoms with van der Waals surface area (Å²) >= 11 is 5.02. The van der Waals surface area contributed by atoms with Gasteiger partial charge >= 0.3 is 0 Å². The van der Waals surface area contributed by atoms with E-state index in [4.69, 9.17) is 0 Å². The predicted molar refractivity (Wildman–Crippen MR) is 100 cm³/mol. The number of nitrogens with zero attached hydrogens (tertiary/aromatic N) is 5. The maximum absolute atomic E-state index is 11.9. The molecule has 1 atom stereocenters. The zero-order valence-electron chi connectivity index (χ0n) is 13.5. The first-order chi connectivity index (χ1) is 11.9. The van der Waals surface area contributed by atoms with E-state index in [1.54, 1.807) is 4.52 Å². The number of rotatable bonds is 3. The molecule has 0 bridgehead atoms. The molecule has 3 aromatic rings. The second-order valence-electron chi connectivity index (χ2n) is 6.10. The smallest absolute Gasteiger partial charge is 0.213 e. The van der Waals surface area contributed by atoms with E-state index < -0.39 is 10.0 Å². The van der Waals surface area contributed by atoms with Crippen LogP contribution in [0.5, 0.6) is 0 Å². The van der Waals surface area contributed by atoms with Gasteiger partial charge in [0.1, 0.15) is 5.01 Å². The van der Waals surface area contributed by atoms with Crippen molar-refractivity contribution in [3.63, 3.8) is 0 Å². The van der Waals surface area contributed by atoms with Crippen molar-refractivity contribution in [1.82, 2.24) is 24.1 Å². The van der Waals surface area contributed by atoms with Crippen LogP contribution in [0.1, 0.15) is 24.6 Å². The summed E-state index contributed by atoms with van der Waals surface area (Å²) in [5, 5.41) is 14.1. The van der Waals surface area contributed by atoms with Gasteiger partial charge in [-0.25, -0.2) is 12.7 Å². The number of fused-ring (bicyclic) bond motifs is 1. The Balaban J connectivity index is 1.71. The van der Waals surface area contributed by atoms with Gasteiger partial charge in [0.05, 0.1) is 6.26 Å². The predicted octanol–water partition coefficient (Wildman–Crippen LogP) is 2.75. The van der Waals surface area contributed by atoms with Gasteiger partial charge in [-0.3, -0.25) is 0 Å². The minimum atomic E-state index is -3.19. The van der Waals surface area contributed by atoms with Gasteiger partial charge < -0.3 is 0 Å². The summed E-state index contributed by atoms with van der Waals surface area (Å²) in [6, 6.07) is 7.90. The maximum atomic E-state index is 11.9. The topological polar surface area (TPSA) is 80.5 Å². The quantitative estimate of drug-likeness (QED) is 0.623. The molecule has 0 saturated carbocycles. The molecule has 10 heteroatoms. The van der Waals surface area contributed by atoms with E-state index in [0.29, 0.717) is 13.1 Å². The van der Waals surface area contributed by atoms with Gasteiger partial charge in [-0.15, -0.1) is 10.2 Å². The van der Waals surface area contributed by atoms with Crippen LogP contribution in [0, 0.1) is 0 Å². The van der Waals surface area contributed by atoms with Crippen LogP contribution in [0.2, 0.25) is 0 Å². The Morgan fingerprint density at radius 3 is 2.84 bits per heavy atom. The normalized spacial score (nSPS) is 19.5. The molecule has 0 N–H and O–H groups in total. The molecule has 2 aromatic heterocycles. The zero-order valence-corrected chi connectivity index (χ0v) is 16.7. The third kappa shape index (κ3) is 3.23. The lowest BCUT2D eigenvalue weighted by atomic mass is 9.99. The molecule has 25 heavy (non-hydrogen) atoms. The van der Waals surface area contributed by atoms with Gasteiger partial charge in [0, 0.05) is 29.0 Å². The molecule has 7 nitrogen and oxygen atoms in total. The largest absolute Gasteiger partial charge is 0.234 e. The number of hydrogen-bond acceptors (Lipinski definition) is 6. The first-order valence-corrected chi connectivity index (χ1v) is 11.3. The Morgan fingerprint density at radius 1 is 1.28 bits per heavy atom. The zero-order chi connectivity index (χ0) is 17.6. The molecule has 0 amide bonds. The van der Waals surface area contributed by atoms with E-state index in [1.165, 1.54) is 21.9 Å². The van der Waals surface area contributed by atoms with Crippen LogP contribution < -0.4 is 0 Å². The molecule has 0 spiro atoms. The Labute approximate surface area is 157 Å². The van der Waals surface area contributed by atoms with Crippen molar-refractivity contribution >= 4 is 42.3 Å². The van der Waals surface area contributed by atoms with Crippen molar-refractivity contribution in [1.29, 1.82) is 0 Å². The number of aromatic nitrogens is 4. The Bertz CT molecular complexity index is 1030. The van der Waals surface area contributed by atoms with Crippen LogP contribution in [-0.4, -0.2) is 51.9 Å². The number of benzene rings is 1. The summed E-state index contributed by atoms with van der Waals surface area (Å²) in [6.07, 6.45) is 2.95. The molecular formula is C15H16BrN5O2S2. The van der Waals surface area contributed by atoms with Gasteiger partial charge in [-0.1, -0.05) is 45.5 Å². The first kappa shape index (κ1) is 17.1. The second kappa shape index (κ2) is 6.42. The Kier molecular flexibility index (Phi) is 4.38. The van der Waals surface area contributed by atoms with E-state index in [0.717, 1.165) is 38.7 Å². The summed E-state index contributed by atoms with van der Waals surface area (Å²) < 4.78 is 28.0. The third-order valence-electron chi connectivity index (χ3n) is 4.34. The third-order valence-corrected chi connectivity index (χ3v) is 7.23. The lowest BCUT2D eigenvalue weighted by Crippen LogP contribution is -2.38. The van der Waals surface area contributed by atoms with E-state index in [9.17, 15) is 8.42 Å². The standard InChI is InChI=1S/C15H16BrN5O2S2/c1-25(22,23)20-8-4-5-10(9-20)13-17-18-15-21(13)19-14(24-15)11-6-2-3-7-12(11)16/h2-3,6-7,10H,4-5,8-9H2,1H3. The molecule has 1 aliphatic heterocycles. The van der Waals surface area contributed by atoms with Crippen molar-refractivity contribution in [2.45, 2.75) is 18.8 Å². The van der Waals surface area contributed by atoms with Gasteiger partial charge in [-0.2, -0.15) is 9.61 Å². The molecule has 1 fully saturated rings. The number of sulfonamides is 1. The van der Waals surface area contributed by atoms with Crippen LogP contribution in [0.3, 0.4) is 0 Å². The molecule has 1 aromatic carbocycles. The molecule has 1 aliphatic rings. The summed E-state index contributed by atoms with van der Waals surface area (Å²) in [6.45, 7) is 0.998. The van der Waals surface area contributed by atoms with Gasteiger partial charge in [0.25, 0.3) is 0 Å². The van der Waals surface area contributed by atoms with Crippen LogP contribution in [0.15, 0.2) is 28.7 Å². The summed E-state index contributed by atoms with van der Waals surface area (Å²) in [5.74, 6) is 0.741. The number of hydrogen-bond donors (Lipinski definition) is 0. The second-order valence-corrected chi connectivity index (χ2v) is 9.89. The lowest BCUT2D eigenvalue weighted by molar-refractivity contribution is 0.309. The fourth-order valence-corrected chi connectivity index (χ4v) is 5.49. The number of halogens is 1.